The molecule has 0 spiro atoms. The van der Waals surface area contributed by atoms with Gasteiger partial charge in [0.05, 0.1) is 0 Å². The van der Waals surface area contributed by atoms with Crippen LogP contribution < -0.4 is 0 Å². The van der Waals surface area contributed by atoms with Gasteiger partial charge in [-0.3, -0.25) is 0 Å². The zero-order valence-corrected chi connectivity index (χ0v) is 7.51. The Balaban J connectivity index is 2.74. The maximum Gasteiger partial charge on any atom is 0.100 e. The fourth-order valence-electron chi connectivity index (χ4n) is 0.593. The predicted molar refractivity (Wildman–Crippen MR) is 49.1 cm³/mol. The first-order chi connectivity index (χ1) is 4.84. The summed E-state index contributed by atoms with van der Waals surface area (Å²) in [7, 11) is 0. The van der Waals surface area contributed by atoms with Crippen molar-refractivity contribution < 1.29 is 0 Å². The quantitative estimate of drug-likeness (QED) is 0.629. The van der Waals surface area contributed by atoms with Gasteiger partial charge in [0.25, 0.3) is 0 Å². The molecule has 0 aliphatic heterocycles. The van der Waals surface area contributed by atoms with Crippen molar-refractivity contribution in [2.24, 2.45) is 0 Å². The minimum absolute atomic E-state index is 0.534. The molecule has 0 aliphatic rings. The summed E-state index contributed by atoms with van der Waals surface area (Å²) < 4.78 is 0.821. The van der Waals surface area contributed by atoms with Crippen molar-refractivity contribution in [1.82, 2.24) is 0 Å². The van der Waals surface area contributed by atoms with Crippen LogP contribution in [0.3, 0.4) is 0 Å². The molecule has 3 heteroatoms. The first-order valence-corrected chi connectivity index (χ1v) is 4.59. The molecule has 10 heavy (non-hydrogen) atoms. The molecule has 0 nitrogen and oxygen atoms in total. The molecule has 0 bridgehead atoms. The molecule has 0 unspecified atom stereocenters. The monoisotopic (exact) mass is 192 g/mol. The van der Waals surface area contributed by atoms with E-state index in [-0.39, 0.29) is 0 Å². The number of allylic oxidation sites excluding steroid dienone is 1. The molecular weight excluding hydrogens is 187 g/mol. The first kappa shape index (κ1) is 8.12. The largest absolute Gasteiger partial charge is 0.131 e. The Kier molecular flexibility index (Phi) is 3.26. The molecule has 0 saturated heterocycles. The fraction of sp³-hybridized carbons (Fsp3) is 0.143. The molecular formula is C7H6Cl2S. The summed E-state index contributed by atoms with van der Waals surface area (Å²) >= 11 is 12.8. The van der Waals surface area contributed by atoms with Gasteiger partial charge in [-0.05, 0) is 11.4 Å². The zero-order valence-electron chi connectivity index (χ0n) is 5.18. The number of alkyl halides is 1. The summed E-state index contributed by atoms with van der Waals surface area (Å²) in [5.41, 5.74) is 1.05. The Morgan fingerprint density at radius 1 is 1.60 bits per heavy atom. The molecule has 1 aromatic rings. The lowest BCUT2D eigenvalue weighted by Gasteiger charge is -1.83. The molecule has 0 atom stereocenters. The highest BCUT2D eigenvalue weighted by Crippen LogP contribution is 2.23. The van der Waals surface area contributed by atoms with E-state index in [9.17, 15) is 0 Å². The molecule has 0 aliphatic carbocycles. The molecule has 0 aromatic carbocycles. The topological polar surface area (TPSA) is 0 Å². The summed E-state index contributed by atoms with van der Waals surface area (Å²) in [4.78, 5) is 0. The van der Waals surface area contributed by atoms with E-state index in [4.69, 9.17) is 23.2 Å². The Morgan fingerprint density at radius 3 is 2.90 bits per heavy atom. The van der Waals surface area contributed by atoms with Crippen molar-refractivity contribution in [3.8, 4) is 0 Å². The Bertz CT molecular complexity index is 227. The summed E-state index contributed by atoms with van der Waals surface area (Å²) in [6.45, 7) is 0. The van der Waals surface area contributed by atoms with Gasteiger partial charge in [-0.1, -0.05) is 23.8 Å². The van der Waals surface area contributed by atoms with Gasteiger partial charge < -0.3 is 0 Å². The normalized spacial score (nSPS) is 11.0. The van der Waals surface area contributed by atoms with Gasteiger partial charge in [-0.2, -0.15) is 0 Å². The van der Waals surface area contributed by atoms with E-state index in [1.807, 2.05) is 23.6 Å². The Morgan fingerprint density at radius 2 is 2.40 bits per heavy atom. The van der Waals surface area contributed by atoms with E-state index in [0.29, 0.717) is 5.88 Å². The number of hydrogen-bond acceptors (Lipinski definition) is 1. The summed E-state index contributed by atoms with van der Waals surface area (Å²) in [5, 5.41) is 1.95. The second kappa shape index (κ2) is 4.02. The summed E-state index contributed by atoms with van der Waals surface area (Å²) in [6.07, 6.45) is 3.79. The van der Waals surface area contributed by atoms with Crippen LogP contribution in [0, 0.1) is 0 Å². The fourth-order valence-corrected chi connectivity index (χ4v) is 1.57. The second-order valence-corrected chi connectivity index (χ2v) is 3.53. The lowest BCUT2D eigenvalue weighted by atomic mass is 10.3. The van der Waals surface area contributed by atoms with E-state index in [0.717, 1.165) is 9.90 Å². The maximum atomic E-state index is 5.80. The van der Waals surface area contributed by atoms with Gasteiger partial charge >= 0.3 is 0 Å². The number of halogens is 2. The van der Waals surface area contributed by atoms with Crippen LogP contribution in [-0.4, -0.2) is 5.88 Å². The van der Waals surface area contributed by atoms with E-state index >= 15 is 0 Å². The van der Waals surface area contributed by atoms with Crippen LogP contribution >= 0.6 is 34.5 Å². The van der Waals surface area contributed by atoms with Gasteiger partial charge in [0.15, 0.2) is 0 Å². The Hall–Kier alpha value is 0.0200. The minimum atomic E-state index is 0.534. The molecule has 1 aromatic heterocycles. The van der Waals surface area contributed by atoms with E-state index in [2.05, 4.69) is 0 Å². The second-order valence-electron chi connectivity index (χ2n) is 1.71. The van der Waals surface area contributed by atoms with Crippen LogP contribution in [0.4, 0.5) is 0 Å². The van der Waals surface area contributed by atoms with Crippen molar-refractivity contribution in [2.45, 2.75) is 0 Å². The molecule has 0 radical (unpaired) electrons. The van der Waals surface area contributed by atoms with E-state index < -0.39 is 0 Å². The molecule has 0 N–H and O–H groups in total. The smallest absolute Gasteiger partial charge is 0.100 e. The highest BCUT2D eigenvalue weighted by molar-refractivity contribution is 7.14. The average Bonchev–Trinajstić information content (AvgIpc) is 2.31. The standard InChI is InChI=1S/C7H6Cl2S/c8-4-1-2-6-3-5-10-7(6)9/h1-3,5H,4H2. The van der Waals surface area contributed by atoms with Gasteiger partial charge in [0, 0.05) is 11.4 Å². The molecule has 1 rings (SSSR count). The predicted octanol–water partition coefficient (Wildman–Crippen LogP) is 3.65. The van der Waals surface area contributed by atoms with Gasteiger partial charge in [0.2, 0.25) is 0 Å². The SMILES string of the molecule is ClCC=Cc1ccsc1Cl. The lowest BCUT2D eigenvalue weighted by Crippen LogP contribution is -1.63. The third-order valence-electron chi connectivity index (χ3n) is 1.03. The highest BCUT2D eigenvalue weighted by atomic mass is 35.5. The minimum Gasteiger partial charge on any atom is -0.131 e. The van der Waals surface area contributed by atoms with Crippen molar-refractivity contribution in [2.75, 3.05) is 5.88 Å². The van der Waals surface area contributed by atoms with E-state index in [1.54, 1.807) is 0 Å². The molecule has 0 saturated carbocycles. The number of thiophene rings is 1. The molecule has 0 fully saturated rings. The van der Waals surface area contributed by atoms with E-state index in [1.165, 1.54) is 11.3 Å². The lowest BCUT2D eigenvalue weighted by molar-refractivity contribution is 1.76. The molecule has 54 valence electrons. The first-order valence-electron chi connectivity index (χ1n) is 2.80. The number of rotatable bonds is 2. The molecule has 0 amide bonds. The highest BCUT2D eigenvalue weighted by Gasteiger charge is 1.94. The average molecular weight is 193 g/mol. The zero-order chi connectivity index (χ0) is 7.40. The van der Waals surface area contributed by atoms with Crippen molar-refractivity contribution in [3.63, 3.8) is 0 Å². The molecule has 1 heterocycles. The Labute approximate surface area is 74.1 Å². The van der Waals surface area contributed by atoms with Crippen molar-refractivity contribution >= 4 is 40.6 Å². The third-order valence-corrected chi connectivity index (χ3v) is 2.41. The van der Waals surface area contributed by atoms with Crippen LogP contribution in [0.1, 0.15) is 5.56 Å². The third kappa shape index (κ3) is 2.01. The van der Waals surface area contributed by atoms with Crippen molar-refractivity contribution in [3.05, 3.63) is 27.4 Å². The summed E-state index contributed by atoms with van der Waals surface area (Å²) in [6, 6.07) is 1.97. The van der Waals surface area contributed by atoms with Gasteiger partial charge in [0.1, 0.15) is 4.34 Å². The number of hydrogen-bond donors (Lipinski definition) is 0. The van der Waals surface area contributed by atoms with Crippen LogP contribution in [0.2, 0.25) is 4.34 Å². The van der Waals surface area contributed by atoms with Gasteiger partial charge in [-0.15, -0.1) is 22.9 Å². The van der Waals surface area contributed by atoms with Crippen molar-refractivity contribution in [1.29, 1.82) is 0 Å². The van der Waals surface area contributed by atoms with Crippen LogP contribution in [0.25, 0.3) is 6.08 Å². The van der Waals surface area contributed by atoms with Crippen LogP contribution in [-0.2, 0) is 0 Å². The maximum absolute atomic E-state index is 5.80. The van der Waals surface area contributed by atoms with Gasteiger partial charge in [-0.25, -0.2) is 0 Å². The van der Waals surface area contributed by atoms with Crippen LogP contribution in [0.5, 0.6) is 0 Å². The summed E-state index contributed by atoms with van der Waals surface area (Å²) in [5.74, 6) is 0.534. The van der Waals surface area contributed by atoms with Crippen LogP contribution in [0.15, 0.2) is 17.5 Å².